The van der Waals surface area contributed by atoms with Crippen molar-refractivity contribution in [1.29, 1.82) is 0 Å². The van der Waals surface area contributed by atoms with Crippen LogP contribution in [0.25, 0.3) is 27.7 Å². The minimum Gasteiger partial charge on any atom is -0.459 e. The van der Waals surface area contributed by atoms with Gasteiger partial charge >= 0.3 is 0 Å². The van der Waals surface area contributed by atoms with Crippen LogP contribution in [-0.4, -0.2) is 5.78 Å². The number of anilines is 1. The molecule has 1 aromatic heterocycles. The summed E-state index contributed by atoms with van der Waals surface area (Å²) in [5, 5.41) is 6.06. The van der Waals surface area contributed by atoms with Crippen molar-refractivity contribution in [1.82, 2.24) is 0 Å². The summed E-state index contributed by atoms with van der Waals surface area (Å²) < 4.78 is 6.41. The minimum absolute atomic E-state index is 0.0697. The number of fused-ring (bicyclic) bond motifs is 4. The van der Waals surface area contributed by atoms with Gasteiger partial charge in [0.25, 0.3) is 0 Å². The van der Waals surface area contributed by atoms with E-state index in [0.29, 0.717) is 6.42 Å². The van der Waals surface area contributed by atoms with Gasteiger partial charge < -0.3 is 9.73 Å². The van der Waals surface area contributed by atoms with Gasteiger partial charge in [-0.2, -0.15) is 0 Å². The first-order chi connectivity index (χ1) is 16.3. The van der Waals surface area contributed by atoms with E-state index in [2.05, 4.69) is 87.6 Å². The van der Waals surface area contributed by atoms with Gasteiger partial charge in [-0.3, -0.25) is 4.79 Å². The molecule has 0 saturated carbocycles. The van der Waals surface area contributed by atoms with Crippen molar-refractivity contribution in [3.8, 4) is 11.3 Å². The maximum Gasteiger partial charge on any atom is 0.162 e. The Labute approximate surface area is 200 Å². The van der Waals surface area contributed by atoms with Crippen LogP contribution in [0.3, 0.4) is 0 Å². The molecule has 34 heavy (non-hydrogen) atoms. The fourth-order valence-corrected chi connectivity index (χ4v) is 5.61. The Morgan fingerprint density at radius 2 is 1.74 bits per heavy atom. The molecule has 4 aromatic rings. The van der Waals surface area contributed by atoms with E-state index in [1.807, 2.05) is 12.1 Å². The Balaban J connectivity index is 1.52. The maximum atomic E-state index is 13.6. The van der Waals surface area contributed by atoms with Gasteiger partial charge in [0.1, 0.15) is 17.6 Å². The highest BCUT2D eigenvalue weighted by molar-refractivity contribution is 6.12. The fraction of sp³-hybridized carbons (Fsp3) is 0.258. The van der Waals surface area contributed by atoms with Gasteiger partial charge in [-0.25, -0.2) is 0 Å². The largest absolute Gasteiger partial charge is 0.459 e. The summed E-state index contributed by atoms with van der Waals surface area (Å²) in [6.45, 7) is 8.62. The van der Waals surface area contributed by atoms with Crippen molar-refractivity contribution in [2.24, 2.45) is 5.41 Å². The van der Waals surface area contributed by atoms with Crippen molar-refractivity contribution in [3.05, 3.63) is 94.8 Å². The molecule has 0 radical (unpaired) electrons. The highest BCUT2D eigenvalue weighted by Gasteiger charge is 2.41. The number of allylic oxidation sites excluding steroid dienone is 1. The molecule has 0 saturated heterocycles. The normalized spacial score (nSPS) is 19.1. The van der Waals surface area contributed by atoms with Gasteiger partial charge in [-0.05, 0) is 77.4 Å². The van der Waals surface area contributed by atoms with Crippen LogP contribution in [0, 0.1) is 19.3 Å². The molecule has 3 aromatic carbocycles. The van der Waals surface area contributed by atoms with Crippen molar-refractivity contribution < 1.29 is 9.21 Å². The summed E-state index contributed by atoms with van der Waals surface area (Å²) in [6.07, 6.45) is 1.42. The summed E-state index contributed by atoms with van der Waals surface area (Å²) >= 11 is 0. The van der Waals surface area contributed by atoms with Crippen LogP contribution in [-0.2, 0) is 4.79 Å². The summed E-state index contributed by atoms with van der Waals surface area (Å²) in [5.41, 5.74) is 7.76. The Morgan fingerprint density at radius 1 is 0.912 bits per heavy atom. The van der Waals surface area contributed by atoms with Gasteiger partial charge in [0, 0.05) is 28.8 Å². The van der Waals surface area contributed by atoms with E-state index in [1.54, 1.807) is 0 Å². The van der Waals surface area contributed by atoms with Gasteiger partial charge in [0.05, 0.1) is 0 Å². The molecule has 1 unspecified atom stereocenters. The number of carbonyl (C=O) groups is 1. The summed E-state index contributed by atoms with van der Waals surface area (Å²) in [6, 6.07) is 22.9. The molecule has 1 atom stereocenters. The molecule has 2 heterocycles. The smallest absolute Gasteiger partial charge is 0.162 e. The lowest BCUT2D eigenvalue weighted by molar-refractivity contribution is -0.118. The third-order valence-corrected chi connectivity index (χ3v) is 7.44. The number of nitrogens with one attached hydrogen (secondary N) is 1. The summed E-state index contributed by atoms with van der Waals surface area (Å²) in [7, 11) is 0. The second kappa shape index (κ2) is 7.46. The lowest BCUT2D eigenvalue weighted by atomic mass is 9.68. The standard InChI is InChI=1S/C31H29NO2/c1-18-9-10-21(15-19(18)2)26-13-14-27(34-26)30-29-23(16-31(3,4)17-25(29)33)28-22-8-6-5-7-20(22)11-12-24(28)32-30/h5-15,30,32H,16-17H2,1-4H3. The third-order valence-electron chi connectivity index (χ3n) is 7.44. The summed E-state index contributed by atoms with van der Waals surface area (Å²) in [5.74, 6) is 1.83. The van der Waals surface area contributed by atoms with Crippen LogP contribution in [0.15, 0.2) is 76.7 Å². The molecule has 1 N–H and O–H groups in total. The van der Waals surface area contributed by atoms with Crippen molar-refractivity contribution in [2.75, 3.05) is 5.32 Å². The van der Waals surface area contributed by atoms with Gasteiger partial charge in [-0.1, -0.05) is 56.3 Å². The van der Waals surface area contributed by atoms with Crippen molar-refractivity contribution in [2.45, 2.75) is 46.6 Å². The molecule has 170 valence electrons. The van der Waals surface area contributed by atoms with Crippen LogP contribution < -0.4 is 5.32 Å². The molecular weight excluding hydrogens is 418 g/mol. The van der Waals surface area contributed by atoms with Gasteiger partial charge in [0.2, 0.25) is 0 Å². The van der Waals surface area contributed by atoms with Crippen LogP contribution in [0.4, 0.5) is 5.69 Å². The van der Waals surface area contributed by atoms with E-state index in [-0.39, 0.29) is 17.2 Å². The molecular formula is C31H29NO2. The van der Waals surface area contributed by atoms with Crippen LogP contribution in [0.2, 0.25) is 0 Å². The average Bonchev–Trinajstić information content (AvgIpc) is 3.29. The number of hydrogen-bond acceptors (Lipinski definition) is 3. The quantitative estimate of drug-likeness (QED) is 0.338. The maximum absolute atomic E-state index is 13.6. The van der Waals surface area contributed by atoms with E-state index < -0.39 is 0 Å². The lowest BCUT2D eigenvalue weighted by Gasteiger charge is -2.39. The van der Waals surface area contributed by atoms with Crippen LogP contribution in [0.1, 0.15) is 55.2 Å². The van der Waals surface area contributed by atoms with Crippen molar-refractivity contribution in [3.63, 3.8) is 0 Å². The number of rotatable bonds is 2. The van der Waals surface area contributed by atoms with Gasteiger partial charge in [0.15, 0.2) is 5.78 Å². The second-order valence-corrected chi connectivity index (χ2v) is 10.6. The molecule has 0 fully saturated rings. The number of carbonyl (C=O) groups excluding carboxylic acids is 1. The first-order valence-corrected chi connectivity index (χ1v) is 12.0. The van der Waals surface area contributed by atoms with E-state index in [0.717, 1.165) is 34.8 Å². The van der Waals surface area contributed by atoms with E-state index in [1.165, 1.54) is 33.0 Å². The molecule has 0 bridgehead atoms. The number of ketones is 1. The average molecular weight is 448 g/mol. The molecule has 6 rings (SSSR count). The molecule has 1 aliphatic heterocycles. The zero-order chi connectivity index (χ0) is 23.6. The third kappa shape index (κ3) is 3.30. The SMILES string of the molecule is Cc1ccc(-c2ccc(C3Nc4ccc5ccccc5c4C4=C3C(=O)CC(C)(C)C4)o2)cc1C. The Morgan fingerprint density at radius 3 is 2.56 bits per heavy atom. The zero-order valence-electron chi connectivity index (χ0n) is 20.2. The van der Waals surface area contributed by atoms with Crippen molar-refractivity contribution >= 4 is 27.8 Å². The Bertz CT molecular complexity index is 1500. The highest BCUT2D eigenvalue weighted by Crippen LogP contribution is 2.52. The molecule has 3 heteroatoms. The minimum atomic E-state index is -0.285. The molecule has 3 nitrogen and oxygen atoms in total. The molecule has 2 aliphatic rings. The number of hydrogen-bond donors (Lipinski definition) is 1. The highest BCUT2D eigenvalue weighted by atomic mass is 16.3. The van der Waals surface area contributed by atoms with E-state index >= 15 is 0 Å². The molecule has 0 amide bonds. The lowest BCUT2D eigenvalue weighted by Crippen LogP contribution is -2.33. The topological polar surface area (TPSA) is 42.2 Å². The predicted octanol–water partition coefficient (Wildman–Crippen LogP) is 8.03. The van der Waals surface area contributed by atoms with Gasteiger partial charge in [-0.15, -0.1) is 0 Å². The Hall–Kier alpha value is -3.59. The molecule has 1 aliphatic carbocycles. The second-order valence-electron chi connectivity index (χ2n) is 10.6. The predicted molar refractivity (Wildman–Crippen MR) is 139 cm³/mol. The van der Waals surface area contributed by atoms with E-state index in [4.69, 9.17) is 4.42 Å². The number of aryl methyl sites for hydroxylation is 2. The number of Topliss-reactive ketones (excluding diaryl/α,β-unsaturated/α-hetero) is 1. The van der Waals surface area contributed by atoms with Crippen LogP contribution in [0.5, 0.6) is 0 Å². The fourth-order valence-electron chi connectivity index (χ4n) is 5.61. The van der Waals surface area contributed by atoms with E-state index in [9.17, 15) is 4.79 Å². The zero-order valence-corrected chi connectivity index (χ0v) is 20.2. The summed E-state index contributed by atoms with van der Waals surface area (Å²) in [4.78, 5) is 13.6. The first kappa shape index (κ1) is 21.0. The first-order valence-electron chi connectivity index (χ1n) is 12.0. The molecule has 0 spiro atoms. The Kier molecular flexibility index (Phi) is 4.60. The van der Waals surface area contributed by atoms with Crippen LogP contribution >= 0.6 is 0 Å². The number of furan rings is 1. The number of benzene rings is 3. The monoisotopic (exact) mass is 447 g/mol.